The van der Waals surface area contributed by atoms with E-state index in [-0.39, 0.29) is 34.3 Å². The van der Waals surface area contributed by atoms with Gasteiger partial charge in [0.25, 0.3) is 0 Å². The van der Waals surface area contributed by atoms with Crippen LogP contribution in [0, 0.1) is 5.82 Å². The topological polar surface area (TPSA) is 110 Å². The lowest BCUT2D eigenvalue weighted by Gasteiger charge is -2.12. The van der Waals surface area contributed by atoms with E-state index in [9.17, 15) is 22.4 Å². The Morgan fingerprint density at radius 2 is 1.82 bits per heavy atom. The van der Waals surface area contributed by atoms with Gasteiger partial charge in [-0.05, 0) is 48.0 Å². The third-order valence-electron chi connectivity index (χ3n) is 4.90. The average Bonchev–Trinajstić information content (AvgIpc) is 2.81. The van der Waals surface area contributed by atoms with Gasteiger partial charge in [-0.25, -0.2) is 17.5 Å². The third kappa shape index (κ3) is 5.13. The first-order valence-electron chi connectivity index (χ1n) is 9.90. The van der Waals surface area contributed by atoms with Crippen LogP contribution in [-0.4, -0.2) is 23.9 Å². The number of benzene rings is 2. The van der Waals surface area contributed by atoms with Crippen LogP contribution < -0.4 is 15.5 Å². The van der Waals surface area contributed by atoms with Gasteiger partial charge in [-0.2, -0.15) is 0 Å². The fourth-order valence-corrected chi connectivity index (χ4v) is 4.31. The number of nitrogens with one attached hydrogen (secondary N) is 2. The van der Waals surface area contributed by atoms with Crippen molar-refractivity contribution in [3.8, 4) is 0 Å². The summed E-state index contributed by atoms with van der Waals surface area (Å²) >= 11 is 0. The Hall–Kier alpha value is -3.89. The summed E-state index contributed by atoms with van der Waals surface area (Å²) in [4.78, 5) is 28.4. The van der Waals surface area contributed by atoms with Gasteiger partial charge in [0.2, 0.25) is 15.9 Å². The van der Waals surface area contributed by atoms with Crippen molar-refractivity contribution in [1.29, 1.82) is 0 Å². The van der Waals surface area contributed by atoms with E-state index in [1.54, 1.807) is 24.5 Å². The van der Waals surface area contributed by atoms with Crippen LogP contribution >= 0.6 is 0 Å². The second-order valence-corrected chi connectivity index (χ2v) is 8.97. The van der Waals surface area contributed by atoms with E-state index in [4.69, 9.17) is 0 Å². The number of hydrogen-bond acceptors (Lipinski definition) is 5. The normalized spacial score (nSPS) is 11.4. The molecule has 0 spiro atoms. The molecule has 168 valence electrons. The number of pyridine rings is 2. The van der Waals surface area contributed by atoms with Gasteiger partial charge in [0.05, 0.1) is 10.4 Å². The van der Waals surface area contributed by atoms with Gasteiger partial charge in [-0.3, -0.25) is 14.6 Å². The Morgan fingerprint density at radius 1 is 1.03 bits per heavy atom. The van der Waals surface area contributed by atoms with Crippen LogP contribution in [0.15, 0.2) is 88.9 Å². The van der Waals surface area contributed by atoms with E-state index < -0.39 is 21.7 Å². The number of nitrogens with zero attached hydrogens (tertiary/aromatic N) is 2. The summed E-state index contributed by atoms with van der Waals surface area (Å²) in [5.74, 6) is -1.07. The summed E-state index contributed by atoms with van der Waals surface area (Å²) in [7, 11) is -3.75. The molecule has 2 heterocycles. The maximum absolute atomic E-state index is 14.3. The van der Waals surface area contributed by atoms with Crippen molar-refractivity contribution in [1.82, 2.24) is 14.3 Å². The predicted molar refractivity (Wildman–Crippen MR) is 122 cm³/mol. The summed E-state index contributed by atoms with van der Waals surface area (Å²) in [5.41, 5.74) is 0.796. The Balaban J connectivity index is 1.44. The minimum atomic E-state index is -3.75. The molecule has 4 aromatic rings. The highest BCUT2D eigenvalue weighted by Gasteiger charge is 2.15. The number of fused-ring (bicyclic) bond motifs is 1. The van der Waals surface area contributed by atoms with E-state index in [2.05, 4.69) is 15.0 Å². The second-order valence-electron chi connectivity index (χ2n) is 7.20. The van der Waals surface area contributed by atoms with Crippen molar-refractivity contribution in [3.63, 3.8) is 0 Å². The number of carbonyl (C=O) groups is 1. The highest BCUT2D eigenvalue weighted by Crippen LogP contribution is 2.17. The molecule has 4 rings (SSSR count). The molecule has 2 N–H and O–H groups in total. The van der Waals surface area contributed by atoms with Crippen LogP contribution in [-0.2, 0) is 27.9 Å². The van der Waals surface area contributed by atoms with Gasteiger partial charge in [-0.15, -0.1) is 0 Å². The predicted octanol–water partition coefficient (Wildman–Crippen LogP) is 2.65. The standard InChI is InChI=1S/C23H19FN4O4S/c24-20-5-1-4-19-21(29)10-12-28(23(19)20)15-22(30)27-17-6-8-18(9-7-17)33(31,32)26-14-16-3-2-11-25-13-16/h1-13,26H,14-15H2,(H,27,30). The molecule has 10 heteroatoms. The zero-order valence-corrected chi connectivity index (χ0v) is 18.0. The molecule has 0 radical (unpaired) electrons. The van der Waals surface area contributed by atoms with Crippen molar-refractivity contribution in [2.24, 2.45) is 0 Å². The molecule has 0 saturated carbocycles. The SMILES string of the molecule is O=C(Cn1ccc(=O)c2cccc(F)c21)Nc1ccc(S(=O)(=O)NCc2cccnc2)cc1. The van der Waals surface area contributed by atoms with Crippen molar-refractivity contribution in [2.45, 2.75) is 18.0 Å². The van der Waals surface area contributed by atoms with Crippen molar-refractivity contribution in [2.75, 3.05) is 5.32 Å². The number of amides is 1. The minimum Gasteiger partial charge on any atom is -0.335 e. The largest absolute Gasteiger partial charge is 0.335 e. The molecule has 0 atom stereocenters. The van der Waals surface area contributed by atoms with E-state index in [0.717, 1.165) is 5.56 Å². The number of carbonyl (C=O) groups excluding carboxylic acids is 1. The number of para-hydroxylation sites is 1. The number of aromatic nitrogens is 2. The zero-order chi connectivity index (χ0) is 23.4. The maximum atomic E-state index is 14.3. The average molecular weight is 466 g/mol. The highest BCUT2D eigenvalue weighted by molar-refractivity contribution is 7.89. The van der Waals surface area contributed by atoms with Crippen LogP contribution in [0.5, 0.6) is 0 Å². The fraction of sp³-hybridized carbons (Fsp3) is 0.0870. The van der Waals surface area contributed by atoms with Crippen LogP contribution in [0.3, 0.4) is 0 Å². The molecule has 1 amide bonds. The van der Waals surface area contributed by atoms with Crippen LogP contribution in [0.25, 0.3) is 10.9 Å². The fourth-order valence-electron chi connectivity index (χ4n) is 3.30. The highest BCUT2D eigenvalue weighted by atomic mass is 32.2. The Bertz CT molecular complexity index is 1470. The number of sulfonamides is 1. The van der Waals surface area contributed by atoms with E-state index >= 15 is 0 Å². The summed E-state index contributed by atoms with van der Waals surface area (Å²) < 4.78 is 43.1. The Morgan fingerprint density at radius 3 is 2.55 bits per heavy atom. The Kier molecular flexibility index (Phi) is 6.29. The number of hydrogen-bond donors (Lipinski definition) is 2. The molecule has 0 aliphatic rings. The summed E-state index contributed by atoms with van der Waals surface area (Å²) in [5, 5.41) is 2.82. The van der Waals surface area contributed by atoms with E-state index in [1.807, 2.05) is 0 Å². The number of halogens is 1. The van der Waals surface area contributed by atoms with Gasteiger partial charge in [0, 0.05) is 42.3 Å². The monoisotopic (exact) mass is 466 g/mol. The van der Waals surface area contributed by atoms with Gasteiger partial charge < -0.3 is 9.88 Å². The summed E-state index contributed by atoms with van der Waals surface area (Å²) in [6.45, 7) is -0.136. The van der Waals surface area contributed by atoms with Gasteiger partial charge in [0.15, 0.2) is 5.43 Å². The second kappa shape index (κ2) is 9.31. The van der Waals surface area contributed by atoms with Crippen molar-refractivity contribution >= 4 is 32.5 Å². The van der Waals surface area contributed by atoms with Crippen LogP contribution in [0.4, 0.5) is 10.1 Å². The zero-order valence-electron chi connectivity index (χ0n) is 17.2. The summed E-state index contributed by atoms with van der Waals surface area (Å²) in [6, 6.07) is 14.6. The number of anilines is 1. The molecule has 8 nitrogen and oxygen atoms in total. The van der Waals surface area contributed by atoms with Gasteiger partial charge in [0.1, 0.15) is 12.4 Å². The van der Waals surface area contributed by atoms with Crippen molar-refractivity contribution in [3.05, 3.63) is 101 Å². The van der Waals surface area contributed by atoms with Crippen molar-refractivity contribution < 1.29 is 17.6 Å². The first kappa shape index (κ1) is 22.3. The van der Waals surface area contributed by atoms with Gasteiger partial charge in [-0.1, -0.05) is 12.1 Å². The first-order chi connectivity index (χ1) is 15.8. The molecule has 0 bridgehead atoms. The minimum absolute atomic E-state index is 0.0397. The lowest BCUT2D eigenvalue weighted by Crippen LogP contribution is -2.23. The molecular formula is C23H19FN4O4S. The van der Waals surface area contributed by atoms with Gasteiger partial charge >= 0.3 is 0 Å². The molecular weight excluding hydrogens is 447 g/mol. The van der Waals surface area contributed by atoms with E-state index in [0.29, 0.717) is 5.69 Å². The Labute approximate surface area is 188 Å². The first-order valence-corrected chi connectivity index (χ1v) is 11.4. The summed E-state index contributed by atoms with van der Waals surface area (Å²) in [6.07, 6.45) is 4.52. The molecule has 2 aromatic heterocycles. The van der Waals surface area contributed by atoms with Crippen LogP contribution in [0.1, 0.15) is 5.56 Å². The van der Waals surface area contributed by atoms with E-state index in [1.165, 1.54) is 59.3 Å². The molecule has 0 aliphatic carbocycles. The quantitative estimate of drug-likeness (QED) is 0.435. The lowest BCUT2D eigenvalue weighted by atomic mass is 10.2. The molecule has 33 heavy (non-hydrogen) atoms. The number of rotatable bonds is 7. The maximum Gasteiger partial charge on any atom is 0.244 e. The molecule has 0 aliphatic heterocycles. The molecule has 2 aromatic carbocycles. The molecule has 0 saturated heterocycles. The smallest absolute Gasteiger partial charge is 0.244 e. The van der Waals surface area contributed by atoms with Crippen LogP contribution in [0.2, 0.25) is 0 Å². The third-order valence-corrected chi connectivity index (χ3v) is 6.31. The molecule has 0 fully saturated rings. The molecule has 0 unspecified atom stereocenters. The lowest BCUT2D eigenvalue weighted by molar-refractivity contribution is -0.116.